The molecule has 0 radical (unpaired) electrons. The highest BCUT2D eigenvalue weighted by Gasteiger charge is 2.11. The van der Waals surface area contributed by atoms with Gasteiger partial charge in [0.1, 0.15) is 0 Å². The molecule has 0 aromatic heterocycles. The number of anilines is 2. The van der Waals surface area contributed by atoms with Crippen LogP contribution in [0.15, 0.2) is 48.5 Å². The average molecular weight is 381 g/mol. The molecule has 3 amide bonds. The van der Waals surface area contributed by atoms with Gasteiger partial charge in [0.2, 0.25) is 11.8 Å². The minimum absolute atomic E-state index is 0.0154. The molecule has 0 fully saturated rings. The van der Waals surface area contributed by atoms with Gasteiger partial charge in [-0.25, -0.2) is 0 Å². The van der Waals surface area contributed by atoms with Crippen LogP contribution >= 0.6 is 0 Å². The molecule has 0 spiro atoms. The minimum atomic E-state index is -0.238. The lowest BCUT2D eigenvalue weighted by molar-refractivity contribution is -0.129. The van der Waals surface area contributed by atoms with E-state index in [1.54, 1.807) is 36.1 Å². The third kappa shape index (κ3) is 5.94. The first-order valence-electron chi connectivity index (χ1n) is 9.37. The molecular formula is C22H27N3O3. The van der Waals surface area contributed by atoms with Gasteiger partial charge in [0.05, 0.1) is 0 Å². The smallest absolute Gasteiger partial charge is 0.255 e. The number of nitrogens with zero attached hydrogens (tertiary/aromatic N) is 1. The number of benzene rings is 2. The Bertz CT molecular complexity index is 844. The van der Waals surface area contributed by atoms with Crippen LogP contribution in [0, 0.1) is 5.92 Å². The molecule has 28 heavy (non-hydrogen) atoms. The van der Waals surface area contributed by atoms with Crippen molar-refractivity contribution in [2.75, 3.05) is 17.2 Å². The van der Waals surface area contributed by atoms with E-state index in [1.807, 2.05) is 45.0 Å². The van der Waals surface area contributed by atoms with E-state index in [-0.39, 0.29) is 23.6 Å². The minimum Gasteiger partial charge on any atom is -0.339 e. The second-order valence-electron chi connectivity index (χ2n) is 6.91. The molecule has 0 atom stereocenters. The molecule has 6 heteroatoms. The van der Waals surface area contributed by atoms with E-state index in [9.17, 15) is 14.4 Å². The molecule has 0 unspecified atom stereocenters. The van der Waals surface area contributed by atoms with Crippen LogP contribution in [0.3, 0.4) is 0 Å². The first-order valence-corrected chi connectivity index (χ1v) is 9.37. The number of nitrogens with one attached hydrogen (secondary N) is 2. The Labute approximate surface area is 165 Å². The van der Waals surface area contributed by atoms with Crippen LogP contribution in [0.2, 0.25) is 0 Å². The Hall–Kier alpha value is -3.15. The topological polar surface area (TPSA) is 78.5 Å². The van der Waals surface area contributed by atoms with Crippen LogP contribution in [0.25, 0.3) is 0 Å². The molecule has 2 aromatic rings. The van der Waals surface area contributed by atoms with Gasteiger partial charge in [0, 0.05) is 42.9 Å². The summed E-state index contributed by atoms with van der Waals surface area (Å²) in [6.45, 7) is 8.25. The lowest BCUT2D eigenvalue weighted by Gasteiger charge is -2.19. The number of carbonyl (C=O) groups excluding carboxylic acids is 3. The molecule has 0 aliphatic heterocycles. The zero-order valence-electron chi connectivity index (χ0n) is 16.8. The lowest BCUT2D eigenvalue weighted by atomic mass is 10.1. The Balaban J connectivity index is 2.03. The summed E-state index contributed by atoms with van der Waals surface area (Å²) in [5.74, 6) is -0.401. The van der Waals surface area contributed by atoms with Crippen molar-refractivity contribution in [1.82, 2.24) is 4.90 Å². The number of hydrogen-bond acceptors (Lipinski definition) is 3. The summed E-state index contributed by atoms with van der Waals surface area (Å²) in [7, 11) is 0. The van der Waals surface area contributed by atoms with Crippen molar-refractivity contribution in [2.45, 2.75) is 34.2 Å². The summed E-state index contributed by atoms with van der Waals surface area (Å²) in [6, 6.07) is 14.2. The maximum Gasteiger partial charge on any atom is 0.255 e. The zero-order valence-corrected chi connectivity index (χ0v) is 16.8. The van der Waals surface area contributed by atoms with Crippen molar-refractivity contribution in [3.8, 4) is 0 Å². The van der Waals surface area contributed by atoms with Gasteiger partial charge in [-0.05, 0) is 48.9 Å². The Morgan fingerprint density at radius 2 is 1.64 bits per heavy atom. The van der Waals surface area contributed by atoms with Gasteiger partial charge in [-0.15, -0.1) is 0 Å². The van der Waals surface area contributed by atoms with Crippen LogP contribution in [-0.2, 0) is 16.1 Å². The summed E-state index contributed by atoms with van der Waals surface area (Å²) in [6.07, 6.45) is 0. The van der Waals surface area contributed by atoms with E-state index in [1.165, 1.54) is 0 Å². The molecule has 0 aliphatic rings. The monoisotopic (exact) mass is 381 g/mol. The predicted octanol–water partition coefficient (Wildman–Crippen LogP) is 3.90. The Morgan fingerprint density at radius 3 is 2.21 bits per heavy atom. The number of carbonyl (C=O) groups is 3. The van der Waals surface area contributed by atoms with Gasteiger partial charge in [-0.2, -0.15) is 0 Å². The van der Waals surface area contributed by atoms with Crippen molar-refractivity contribution < 1.29 is 14.4 Å². The summed E-state index contributed by atoms with van der Waals surface area (Å²) in [5, 5.41) is 5.66. The van der Waals surface area contributed by atoms with Gasteiger partial charge < -0.3 is 15.5 Å². The van der Waals surface area contributed by atoms with E-state index in [0.717, 1.165) is 5.56 Å². The number of rotatable bonds is 7. The van der Waals surface area contributed by atoms with Crippen LogP contribution in [0.4, 0.5) is 11.4 Å². The molecule has 2 aromatic carbocycles. The highest BCUT2D eigenvalue weighted by Crippen LogP contribution is 2.16. The van der Waals surface area contributed by atoms with Crippen molar-refractivity contribution >= 4 is 29.1 Å². The van der Waals surface area contributed by atoms with E-state index in [2.05, 4.69) is 10.6 Å². The van der Waals surface area contributed by atoms with Gasteiger partial charge in [0.15, 0.2) is 0 Å². The first kappa shape index (κ1) is 21.2. The molecule has 148 valence electrons. The fraction of sp³-hybridized carbons (Fsp3) is 0.318. The summed E-state index contributed by atoms with van der Waals surface area (Å²) >= 11 is 0. The van der Waals surface area contributed by atoms with Crippen LogP contribution in [0.5, 0.6) is 0 Å². The number of amides is 3. The van der Waals surface area contributed by atoms with Crippen LogP contribution in [0.1, 0.15) is 43.6 Å². The Kier molecular flexibility index (Phi) is 7.32. The summed E-state index contributed by atoms with van der Waals surface area (Å²) < 4.78 is 0. The Morgan fingerprint density at radius 1 is 0.964 bits per heavy atom. The first-order chi connectivity index (χ1) is 13.3. The van der Waals surface area contributed by atoms with Crippen molar-refractivity contribution in [3.63, 3.8) is 0 Å². The normalized spacial score (nSPS) is 10.5. The van der Waals surface area contributed by atoms with Gasteiger partial charge in [-0.3, -0.25) is 14.4 Å². The third-order valence-corrected chi connectivity index (χ3v) is 4.32. The highest BCUT2D eigenvalue weighted by molar-refractivity contribution is 6.04. The van der Waals surface area contributed by atoms with E-state index in [4.69, 9.17) is 0 Å². The predicted molar refractivity (Wildman–Crippen MR) is 111 cm³/mol. The molecule has 6 nitrogen and oxygen atoms in total. The van der Waals surface area contributed by atoms with Gasteiger partial charge in [0.25, 0.3) is 5.91 Å². The molecular weight excluding hydrogens is 354 g/mol. The summed E-state index contributed by atoms with van der Waals surface area (Å²) in [5.41, 5.74) is 2.76. The molecule has 0 saturated carbocycles. The van der Waals surface area contributed by atoms with Crippen molar-refractivity contribution in [2.24, 2.45) is 5.92 Å². The summed E-state index contributed by atoms with van der Waals surface area (Å²) in [4.78, 5) is 37.5. The van der Waals surface area contributed by atoms with Gasteiger partial charge >= 0.3 is 0 Å². The SMILES string of the molecule is CCN(Cc1cccc(NC(=O)c2ccc(NC(=O)C(C)C)cc2)c1)C(C)=O. The van der Waals surface area contributed by atoms with E-state index < -0.39 is 0 Å². The fourth-order valence-corrected chi connectivity index (χ4v) is 2.61. The second-order valence-corrected chi connectivity index (χ2v) is 6.91. The second kappa shape index (κ2) is 9.69. The third-order valence-electron chi connectivity index (χ3n) is 4.32. The van der Waals surface area contributed by atoms with Gasteiger partial charge in [-0.1, -0.05) is 26.0 Å². The van der Waals surface area contributed by atoms with Crippen molar-refractivity contribution in [1.29, 1.82) is 0 Å². The molecule has 0 heterocycles. The molecule has 2 rings (SSSR count). The van der Waals surface area contributed by atoms with E-state index >= 15 is 0 Å². The average Bonchev–Trinajstić information content (AvgIpc) is 2.66. The maximum absolute atomic E-state index is 12.5. The standard InChI is InChI=1S/C22H27N3O3/c1-5-25(16(4)26)14-17-7-6-8-20(13-17)24-22(28)18-9-11-19(12-10-18)23-21(27)15(2)3/h6-13,15H,5,14H2,1-4H3,(H,23,27)(H,24,28). The zero-order chi connectivity index (χ0) is 20.7. The molecule has 0 bridgehead atoms. The van der Waals surface area contributed by atoms with Crippen molar-refractivity contribution in [3.05, 3.63) is 59.7 Å². The fourth-order valence-electron chi connectivity index (χ4n) is 2.61. The highest BCUT2D eigenvalue weighted by atomic mass is 16.2. The van der Waals surface area contributed by atoms with Crippen LogP contribution < -0.4 is 10.6 Å². The molecule has 0 aliphatic carbocycles. The largest absolute Gasteiger partial charge is 0.339 e. The maximum atomic E-state index is 12.5. The van der Waals surface area contributed by atoms with E-state index in [0.29, 0.717) is 30.0 Å². The number of hydrogen-bond donors (Lipinski definition) is 2. The molecule has 0 saturated heterocycles. The van der Waals surface area contributed by atoms with Crippen LogP contribution in [-0.4, -0.2) is 29.2 Å². The quantitative estimate of drug-likeness (QED) is 0.763. The lowest BCUT2D eigenvalue weighted by Crippen LogP contribution is -2.27. The molecule has 2 N–H and O–H groups in total.